The smallest absolute Gasteiger partial charge is 0.0708 e. The highest BCUT2D eigenvalue weighted by Gasteiger charge is 2.14. The molecule has 0 spiro atoms. The molecule has 0 saturated carbocycles. The third-order valence-corrected chi connectivity index (χ3v) is 4.46. The molecule has 98 valence electrons. The first-order valence-electron chi connectivity index (χ1n) is 6.49. The Morgan fingerprint density at radius 3 is 2.78 bits per heavy atom. The summed E-state index contributed by atoms with van der Waals surface area (Å²) >= 11 is 1.87. The number of hydrogen-bond donors (Lipinski definition) is 1. The summed E-state index contributed by atoms with van der Waals surface area (Å²) < 4.78 is 1.91. The Bertz CT molecular complexity index is 509. The molecule has 0 amide bonds. The van der Waals surface area contributed by atoms with Crippen LogP contribution in [0.3, 0.4) is 0 Å². The molecule has 2 rings (SSSR count). The van der Waals surface area contributed by atoms with Gasteiger partial charge < -0.3 is 5.32 Å². The van der Waals surface area contributed by atoms with Crippen LogP contribution in [0.1, 0.15) is 36.9 Å². The number of thiophene rings is 1. The second kappa shape index (κ2) is 5.67. The van der Waals surface area contributed by atoms with Crippen LogP contribution in [0.2, 0.25) is 0 Å². The summed E-state index contributed by atoms with van der Waals surface area (Å²) in [5.74, 6) is 0. The molecule has 2 aromatic heterocycles. The van der Waals surface area contributed by atoms with Crippen LogP contribution in [0, 0.1) is 0 Å². The second-order valence-electron chi connectivity index (χ2n) is 4.47. The van der Waals surface area contributed by atoms with Crippen molar-refractivity contribution in [3.8, 4) is 10.4 Å². The first-order chi connectivity index (χ1) is 8.69. The van der Waals surface area contributed by atoms with E-state index in [0.29, 0.717) is 6.04 Å². The van der Waals surface area contributed by atoms with Gasteiger partial charge in [-0.1, -0.05) is 13.8 Å². The van der Waals surface area contributed by atoms with Crippen molar-refractivity contribution >= 4 is 11.3 Å². The zero-order valence-corrected chi connectivity index (χ0v) is 12.3. The van der Waals surface area contributed by atoms with Crippen LogP contribution in [0.4, 0.5) is 0 Å². The molecule has 18 heavy (non-hydrogen) atoms. The lowest BCUT2D eigenvalue weighted by Gasteiger charge is -2.10. The van der Waals surface area contributed by atoms with Crippen LogP contribution >= 0.6 is 11.3 Å². The van der Waals surface area contributed by atoms with Gasteiger partial charge in [-0.15, -0.1) is 11.3 Å². The van der Waals surface area contributed by atoms with Crippen molar-refractivity contribution in [2.45, 2.75) is 32.7 Å². The van der Waals surface area contributed by atoms with Crippen LogP contribution in [-0.4, -0.2) is 16.8 Å². The Morgan fingerprint density at radius 2 is 2.17 bits per heavy atom. The SMILES string of the molecule is CCc1nn(C)cc1-c1ccc(C(CC)NC)s1. The zero-order chi connectivity index (χ0) is 13.1. The fourth-order valence-electron chi connectivity index (χ4n) is 2.23. The Morgan fingerprint density at radius 1 is 1.39 bits per heavy atom. The second-order valence-corrected chi connectivity index (χ2v) is 5.58. The molecule has 1 unspecified atom stereocenters. The molecule has 1 N–H and O–H groups in total. The highest BCUT2D eigenvalue weighted by atomic mass is 32.1. The molecular weight excluding hydrogens is 242 g/mol. The molecule has 0 aliphatic carbocycles. The lowest BCUT2D eigenvalue weighted by atomic mass is 10.1. The van der Waals surface area contributed by atoms with E-state index in [1.54, 1.807) is 0 Å². The van der Waals surface area contributed by atoms with Gasteiger partial charge in [0, 0.05) is 34.6 Å². The molecule has 0 bridgehead atoms. The molecule has 4 heteroatoms. The van der Waals surface area contributed by atoms with E-state index in [4.69, 9.17) is 0 Å². The normalized spacial score (nSPS) is 12.9. The van der Waals surface area contributed by atoms with Crippen molar-refractivity contribution in [3.05, 3.63) is 28.9 Å². The molecule has 1 atom stereocenters. The van der Waals surface area contributed by atoms with Gasteiger partial charge in [0.2, 0.25) is 0 Å². The highest BCUT2D eigenvalue weighted by Crippen LogP contribution is 2.34. The van der Waals surface area contributed by atoms with E-state index in [9.17, 15) is 0 Å². The van der Waals surface area contributed by atoms with Gasteiger partial charge in [-0.2, -0.15) is 5.10 Å². The molecule has 0 aliphatic rings. The van der Waals surface area contributed by atoms with Crippen molar-refractivity contribution in [1.82, 2.24) is 15.1 Å². The van der Waals surface area contributed by atoms with E-state index in [1.165, 1.54) is 21.0 Å². The van der Waals surface area contributed by atoms with E-state index in [1.807, 2.05) is 30.1 Å². The molecule has 2 heterocycles. The van der Waals surface area contributed by atoms with Crippen LogP contribution in [0.25, 0.3) is 10.4 Å². The number of rotatable bonds is 5. The van der Waals surface area contributed by atoms with Gasteiger partial charge >= 0.3 is 0 Å². The molecule has 3 nitrogen and oxygen atoms in total. The minimum Gasteiger partial charge on any atom is -0.312 e. The minimum atomic E-state index is 0.463. The Hall–Kier alpha value is -1.13. The minimum absolute atomic E-state index is 0.463. The van der Waals surface area contributed by atoms with Crippen LogP contribution in [-0.2, 0) is 13.5 Å². The number of nitrogens with one attached hydrogen (secondary N) is 1. The number of aromatic nitrogens is 2. The standard InChI is InChI=1S/C14H21N3S/c1-5-11-10(9-17(4)16-11)13-7-8-14(18-13)12(6-2)15-3/h7-9,12,15H,5-6H2,1-4H3. The molecule has 0 fully saturated rings. The zero-order valence-electron chi connectivity index (χ0n) is 11.5. The molecular formula is C14H21N3S. The molecule has 0 saturated heterocycles. The van der Waals surface area contributed by atoms with E-state index in [2.05, 4.69) is 42.6 Å². The Kier molecular flexibility index (Phi) is 4.19. The number of nitrogens with zero attached hydrogens (tertiary/aromatic N) is 2. The monoisotopic (exact) mass is 263 g/mol. The van der Waals surface area contributed by atoms with E-state index in [-0.39, 0.29) is 0 Å². The molecule has 2 aromatic rings. The topological polar surface area (TPSA) is 29.9 Å². The van der Waals surface area contributed by atoms with Crippen molar-refractivity contribution in [2.75, 3.05) is 7.05 Å². The summed E-state index contributed by atoms with van der Waals surface area (Å²) in [5.41, 5.74) is 2.46. The van der Waals surface area contributed by atoms with Crippen LogP contribution < -0.4 is 5.32 Å². The largest absolute Gasteiger partial charge is 0.312 e. The summed E-state index contributed by atoms with van der Waals surface area (Å²) in [6.07, 6.45) is 4.21. The Balaban J connectivity index is 2.34. The van der Waals surface area contributed by atoms with Crippen molar-refractivity contribution in [2.24, 2.45) is 7.05 Å². The van der Waals surface area contributed by atoms with Crippen LogP contribution in [0.5, 0.6) is 0 Å². The summed E-state index contributed by atoms with van der Waals surface area (Å²) in [6, 6.07) is 4.92. The Labute approximate surface area is 113 Å². The lowest BCUT2D eigenvalue weighted by Crippen LogP contribution is -2.13. The van der Waals surface area contributed by atoms with Gasteiger partial charge in [0.05, 0.1) is 5.69 Å². The summed E-state index contributed by atoms with van der Waals surface area (Å²) in [7, 11) is 4.01. The van der Waals surface area contributed by atoms with Gasteiger partial charge in [0.25, 0.3) is 0 Å². The summed E-state index contributed by atoms with van der Waals surface area (Å²) in [6.45, 7) is 4.37. The van der Waals surface area contributed by atoms with E-state index in [0.717, 1.165) is 12.8 Å². The predicted octanol–water partition coefficient (Wildman–Crippen LogP) is 3.38. The van der Waals surface area contributed by atoms with Crippen molar-refractivity contribution in [3.63, 3.8) is 0 Å². The molecule has 0 radical (unpaired) electrons. The average molecular weight is 263 g/mol. The van der Waals surface area contributed by atoms with Gasteiger partial charge in [0.15, 0.2) is 0 Å². The maximum atomic E-state index is 4.51. The molecule has 0 aliphatic heterocycles. The quantitative estimate of drug-likeness (QED) is 0.896. The summed E-state index contributed by atoms with van der Waals surface area (Å²) in [4.78, 5) is 2.73. The van der Waals surface area contributed by atoms with Crippen molar-refractivity contribution in [1.29, 1.82) is 0 Å². The number of aryl methyl sites for hydroxylation is 2. The first-order valence-corrected chi connectivity index (χ1v) is 7.31. The van der Waals surface area contributed by atoms with Gasteiger partial charge in [-0.05, 0) is 32.0 Å². The van der Waals surface area contributed by atoms with Gasteiger partial charge in [0.1, 0.15) is 0 Å². The van der Waals surface area contributed by atoms with E-state index >= 15 is 0 Å². The highest BCUT2D eigenvalue weighted by molar-refractivity contribution is 7.15. The maximum Gasteiger partial charge on any atom is 0.0708 e. The average Bonchev–Trinajstić information content (AvgIpc) is 2.97. The molecule has 0 aromatic carbocycles. The predicted molar refractivity (Wildman–Crippen MR) is 78.0 cm³/mol. The lowest BCUT2D eigenvalue weighted by molar-refractivity contribution is 0.586. The van der Waals surface area contributed by atoms with Crippen LogP contribution in [0.15, 0.2) is 18.3 Å². The third kappa shape index (κ3) is 2.49. The van der Waals surface area contributed by atoms with Crippen molar-refractivity contribution < 1.29 is 0 Å². The number of hydrogen-bond acceptors (Lipinski definition) is 3. The summed E-state index contributed by atoms with van der Waals surface area (Å²) in [5, 5.41) is 7.86. The third-order valence-electron chi connectivity index (χ3n) is 3.23. The van der Waals surface area contributed by atoms with Gasteiger partial charge in [-0.25, -0.2) is 0 Å². The first kappa shape index (κ1) is 13.3. The van der Waals surface area contributed by atoms with E-state index < -0.39 is 0 Å². The maximum absolute atomic E-state index is 4.51. The van der Waals surface area contributed by atoms with Gasteiger partial charge in [-0.3, -0.25) is 4.68 Å². The fraction of sp³-hybridized carbons (Fsp3) is 0.500. The fourth-order valence-corrected chi connectivity index (χ4v) is 3.47.